The Bertz CT molecular complexity index is 1730. The van der Waals surface area contributed by atoms with Gasteiger partial charge in [-0.3, -0.25) is 19.5 Å². The molecule has 0 saturated carbocycles. The molecule has 0 saturated heterocycles. The first kappa shape index (κ1) is 22.2. The SMILES string of the molecule is COc1ccccc1[C@@H]1C2=C(N=c3s/c(=C\c4ccc([N+](=O)[O-])cc4)c(=O)n31)c1ccccc1CC2. The number of methoxy groups -OCH3 is 1. The van der Waals surface area contributed by atoms with Crippen molar-refractivity contribution in [2.24, 2.45) is 4.99 Å². The van der Waals surface area contributed by atoms with Crippen LogP contribution in [0.5, 0.6) is 5.75 Å². The fourth-order valence-electron chi connectivity index (χ4n) is 5.03. The van der Waals surface area contributed by atoms with E-state index in [1.54, 1.807) is 29.9 Å². The maximum atomic E-state index is 13.8. The fraction of sp³-hybridized carbons (Fsp3) is 0.143. The molecule has 1 atom stereocenters. The average molecular weight is 496 g/mol. The lowest BCUT2D eigenvalue weighted by atomic mass is 9.83. The fourth-order valence-corrected chi connectivity index (χ4v) is 6.04. The molecule has 0 bridgehead atoms. The number of fused-ring (bicyclic) bond motifs is 3. The highest BCUT2D eigenvalue weighted by Gasteiger charge is 2.33. The second-order valence-electron chi connectivity index (χ2n) is 8.70. The van der Waals surface area contributed by atoms with Gasteiger partial charge >= 0.3 is 0 Å². The molecule has 7 nitrogen and oxygen atoms in total. The third-order valence-electron chi connectivity index (χ3n) is 6.71. The molecule has 0 amide bonds. The maximum absolute atomic E-state index is 13.8. The molecule has 4 aromatic rings. The van der Waals surface area contributed by atoms with Gasteiger partial charge in [0.15, 0.2) is 4.80 Å². The monoisotopic (exact) mass is 495 g/mol. The molecule has 2 heterocycles. The second-order valence-corrected chi connectivity index (χ2v) is 9.71. The third kappa shape index (κ3) is 3.58. The summed E-state index contributed by atoms with van der Waals surface area (Å²) in [6, 6.07) is 21.9. The molecule has 178 valence electrons. The lowest BCUT2D eigenvalue weighted by molar-refractivity contribution is -0.384. The van der Waals surface area contributed by atoms with Gasteiger partial charge in [0.25, 0.3) is 11.2 Å². The number of nitro benzene ring substituents is 1. The van der Waals surface area contributed by atoms with E-state index in [-0.39, 0.29) is 17.3 Å². The molecule has 0 N–H and O–H groups in total. The summed E-state index contributed by atoms with van der Waals surface area (Å²) in [5.41, 5.74) is 5.90. The first-order chi connectivity index (χ1) is 17.5. The summed E-state index contributed by atoms with van der Waals surface area (Å²) in [5.74, 6) is 0.722. The van der Waals surface area contributed by atoms with Crippen LogP contribution in [0.25, 0.3) is 11.8 Å². The average Bonchev–Trinajstić information content (AvgIpc) is 3.22. The number of benzene rings is 3. The number of non-ortho nitro benzene ring substituents is 1. The van der Waals surface area contributed by atoms with E-state index in [1.807, 2.05) is 36.4 Å². The summed E-state index contributed by atoms with van der Waals surface area (Å²) in [4.78, 5) is 30.0. The summed E-state index contributed by atoms with van der Waals surface area (Å²) < 4.78 is 8.00. The molecule has 3 aromatic carbocycles. The van der Waals surface area contributed by atoms with Gasteiger partial charge in [0.2, 0.25) is 0 Å². The molecule has 0 spiro atoms. The molecule has 6 rings (SSSR count). The van der Waals surface area contributed by atoms with Crippen LogP contribution < -0.4 is 19.6 Å². The number of hydrogen-bond donors (Lipinski definition) is 0. The van der Waals surface area contributed by atoms with Crippen molar-refractivity contribution in [3.8, 4) is 5.75 Å². The number of allylic oxidation sites excluding steroid dienone is 1. The van der Waals surface area contributed by atoms with Crippen molar-refractivity contribution in [1.29, 1.82) is 0 Å². The minimum absolute atomic E-state index is 0.0103. The number of thiazole rings is 1. The lowest BCUT2D eigenvalue weighted by Gasteiger charge is -2.31. The Kier molecular flexibility index (Phi) is 5.38. The van der Waals surface area contributed by atoms with Gasteiger partial charge in [-0.15, -0.1) is 0 Å². The van der Waals surface area contributed by atoms with E-state index >= 15 is 0 Å². The first-order valence-electron chi connectivity index (χ1n) is 11.6. The normalized spacial score (nSPS) is 16.6. The Morgan fingerprint density at radius 3 is 2.58 bits per heavy atom. The minimum atomic E-state index is -0.437. The highest BCUT2D eigenvalue weighted by Crippen LogP contribution is 2.43. The van der Waals surface area contributed by atoms with Crippen LogP contribution in [0.3, 0.4) is 0 Å². The van der Waals surface area contributed by atoms with E-state index in [0.717, 1.165) is 41.0 Å². The van der Waals surface area contributed by atoms with Gasteiger partial charge in [-0.2, -0.15) is 0 Å². The Hall–Kier alpha value is -4.30. The highest BCUT2D eigenvalue weighted by atomic mass is 32.1. The van der Waals surface area contributed by atoms with Crippen molar-refractivity contribution in [1.82, 2.24) is 4.57 Å². The number of rotatable bonds is 4. The Balaban J connectivity index is 1.60. The number of aryl methyl sites for hydroxylation is 1. The molecule has 36 heavy (non-hydrogen) atoms. The first-order valence-corrected chi connectivity index (χ1v) is 12.4. The van der Waals surface area contributed by atoms with Gasteiger partial charge in [-0.25, -0.2) is 4.99 Å². The number of para-hydroxylation sites is 1. The molecular formula is C28H21N3O4S. The Morgan fingerprint density at radius 1 is 1.06 bits per heavy atom. The molecular weight excluding hydrogens is 474 g/mol. The number of aromatic nitrogens is 1. The standard InChI is InChI=1S/C28H21N3O4S/c1-35-23-9-5-4-8-21(23)26-22-15-12-18-6-2-3-7-20(18)25(22)29-28-30(26)27(32)24(36-28)16-17-10-13-19(14-11-17)31(33)34/h2-11,13-14,16,26H,12,15H2,1H3/b24-16-/t26-/m1/s1. The van der Waals surface area contributed by atoms with Crippen LogP contribution in [-0.2, 0) is 6.42 Å². The van der Waals surface area contributed by atoms with Gasteiger partial charge in [-0.1, -0.05) is 53.8 Å². The summed E-state index contributed by atoms with van der Waals surface area (Å²) in [6.45, 7) is 0. The smallest absolute Gasteiger partial charge is 0.271 e. The van der Waals surface area contributed by atoms with E-state index in [0.29, 0.717) is 14.9 Å². The van der Waals surface area contributed by atoms with Crippen LogP contribution in [0.15, 0.2) is 88.2 Å². The van der Waals surface area contributed by atoms with E-state index in [9.17, 15) is 14.9 Å². The van der Waals surface area contributed by atoms with E-state index < -0.39 is 4.92 Å². The summed E-state index contributed by atoms with van der Waals surface area (Å²) >= 11 is 1.33. The van der Waals surface area contributed by atoms with Crippen molar-refractivity contribution in [3.63, 3.8) is 0 Å². The number of ether oxygens (including phenoxy) is 1. The van der Waals surface area contributed by atoms with Crippen LogP contribution in [-0.4, -0.2) is 16.6 Å². The van der Waals surface area contributed by atoms with Crippen molar-refractivity contribution >= 4 is 28.8 Å². The molecule has 0 radical (unpaired) electrons. The topological polar surface area (TPSA) is 86.7 Å². The molecule has 1 aliphatic carbocycles. The van der Waals surface area contributed by atoms with E-state index in [1.165, 1.54) is 29.0 Å². The molecule has 2 aliphatic rings. The summed E-state index contributed by atoms with van der Waals surface area (Å²) in [5, 5.41) is 11.0. The molecule has 0 unspecified atom stereocenters. The van der Waals surface area contributed by atoms with Gasteiger partial charge in [0.05, 0.1) is 28.3 Å². The highest BCUT2D eigenvalue weighted by molar-refractivity contribution is 7.07. The summed E-state index contributed by atoms with van der Waals surface area (Å²) in [6.07, 6.45) is 3.44. The minimum Gasteiger partial charge on any atom is -0.496 e. The number of nitrogens with zero attached hydrogens (tertiary/aromatic N) is 3. The van der Waals surface area contributed by atoms with E-state index in [2.05, 4.69) is 12.1 Å². The van der Waals surface area contributed by atoms with Crippen LogP contribution in [0.1, 0.15) is 34.7 Å². The number of hydrogen-bond acceptors (Lipinski definition) is 6. The van der Waals surface area contributed by atoms with Crippen LogP contribution in [0.2, 0.25) is 0 Å². The van der Waals surface area contributed by atoms with Crippen LogP contribution in [0.4, 0.5) is 5.69 Å². The van der Waals surface area contributed by atoms with Crippen molar-refractivity contribution in [3.05, 3.63) is 130 Å². The number of nitro groups is 1. The predicted octanol–water partition coefficient (Wildman–Crippen LogP) is 4.24. The molecule has 8 heteroatoms. The zero-order chi connectivity index (χ0) is 24.8. The van der Waals surface area contributed by atoms with E-state index in [4.69, 9.17) is 9.73 Å². The maximum Gasteiger partial charge on any atom is 0.271 e. The molecule has 1 aromatic heterocycles. The molecule has 0 fully saturated rings. The zero-order valence-corrected chi connectivity index (χ0v) is 20.2. The second kappa shape index (κ2) is 8.73. The van der Waals surface area contributed by atoms with Crippen molar-refractivity contribution in [2.45, 2.75) is 18.9 Å². The van der Waals surface area contributed by atoms with Gasteiger partial charge < -0.3 is 4.74 Å². The Labute approximate surface area is 210 Å². The van der Waals surface area contributed by atoms with Gasteiger partial charge in [0.1, 0.15) is 5.75 Å². The lowest BCUT2D eigenvalue weighted by Crippen LogP contribution is -2.38. The predicted molar refractivity (Wildman–Crippen MR) is 139 cm³/mol. The van der Waals surface area contributed by atoms with Gasteiger partial charge in [-0.05, 0) is 53.8 Å². The molecule has 1 aliphatic heterocycles. The van der Waals surface area contributed by atoms with Crippen LogP contribution in [0, 0.1) is 10.1 Å². The summed E-state index contributed by atoms with van der Waals surface area (Å²) in [7, 11) is 1.64. The quantitative estimate of drug-likeness (QED) is 0.313. The van der Waals surface area contributed by atoms with Crippen molar-refractivity contribution < 1.29 is 9.66 Å². The van der Waals surface area contributed by atoms with Gasteiger partial charge in [0, 0.05) is 23.3 Å². The Morgan fingerprint density at radius 2 is 1.81 bits per heavy atom. The largest absolute Gasteiger partial charge is 0.496 e. The zero-order valence-electron chi connectivity index (χ0n) is 19.4. The van der Waals surface area contributed by atoms with Crippen molar-refractivity contribution in [2.75, 3.05) is 7.11 Å². The van der Waals surface area contributed by atoms with Crippen LogP contribution >= 0.6 is 11.3 Å². The third-order valence-corrected chi connectivity index (χ3v) is 7.69.